The number of nitrogens with zero attached hydrogens (tertiary/aromatic N) is 3. The highest BCUT2D eigenvalue weighted by molar-refractivity contribution is 5.65. The van der Waals surface area contributed by atoms with Crippen molar-refractivity contribution in [3.05, 3.63) is 78.4 Å². The number of nitrogens with one attached hydrogen (secondary N) is 1. The zero-order valence-corrected chi connectivity index (χ0v) is 17.1. The van der Waals surface area contributed by atoms with E-state index in [-0.39, 0.29) is 0 Å². The van der Waals surface area contributed by atoms with Gasteiger partial charge < -0.3 is 14.8 Å². The zero-order chi connectivity index (χ0) is 20.9. The molecule has 0 fully saturated rings. The van der Waals surface area contributed by atoms with E-state index in [4.69, 9.17) is 14.5 Å². The molecular weight excluding hydrogens is 376 g/mol. The summed E-state index contributed by atoms with van der Waals surface area (Å²) in [6.07, 6.45) is 0. The predicted octanol–water partition coefficient (Wildman–Crippen LogP) is 5.27. The second kappa shape index (κ2) is 8.61. The van der Waals surface area contributed by atoms with Crippen molar-refractivity contribution in [2.45, 2.75) is 6.92 Å². The normalized spacial score (nSPS) is 10.5. The Morgan fingerprint density at radius 1 is 0.600 bits per heavy atom. The molecule has 3 aromatic carbocycles. The van der Waals surface area contributed by atoms with Crippen molar-refractivity contribution in [1.82, 2.24) is 15.0 Å². The van der Waals surface area contributed by atoms with Crippen molar-refractivity contribution in [2.75, 3.05) is 19.5 Å². The molecule has 4 rings (SSSR count). The van der Waals surface area contributed by atoms with Gasteiger partial charge in [0, 0.05) is 16.8 Å². The molecule has 0 amide bonds. The molecule has 0 aliphatic heterocycles. The quantitative estimate of drug-likeness (QED) is 0.477. The van der Waals surface area contributed by atoms with Gasteiger partial charge in [0.1, 0.15) is 11.5 Å². The van der Waals surface area contributed by atoms with Crippen LogP contribution in [0.1, 0.15) is 5.56 Å². The molecule has 0 unspecified atom stereocenters. The molecule has 0 radical (unpaired) electrons. The zero-order valence-electron chi connectivity index (χ0n) is 17.1. The monoisotopic (exact) mass is 398 g/mol. The van der Waals surface area contributed by atoms with Crippen LogP contribution in [0, 0.1) is 6.92 Å². The summed E-state index contributed by atoms with van der Waals surface area (Å²) >= 11 is 0. The Hall–Kier alpha value is -3.93. The molecule has 30 heavy (non-hydrogen) atoms. The Morgan fingerprint density at radius 3 is 1.50 bits per heavy atom. The average Bonchev–Trinajstić information content (AvgIpc) is 2.80. The van der Waals surface area contributed by atoms with Gasteiger partial charge in [-0.05, 0) is 67.6 Å². The summed E-state index contributed by atoms with van der Waals surface area (Å²) in [5, 5.41) is 3.28. The Morgan fingerprint density at radius 2 is 1.07 bits per heavy atom. The number of aryl methyl sites for hydroxylation is 1. The number of hydrogen-bond acceptors (Lipinski definition) is 6. The largest absolute Gasteiger partial charge is 0.497 e. The standard InChI is InChI=1S/C24H22N4O2/c1-16-4-10-19(11-5-16)25-24-27-22(17-6-12-20(29-2)13-7-17)26-23(28-24)18-8-14-21(30-3)15-9-18/h4-15H,1-3H3,(H,25,26,27,28). The fourth-order valence-corrected chi connectivity index (χ4v) is 2.94. The second-order valence-corrected chi connectivity index (χ2v) is 6.75. The highest BCUT2D eigenvalue weighted by atomic mass is 16.5. The topological polar surface area (TPSA) is 69.2 Å². The summed E-state index contributed by atoms with van der Waals surface area (Å²) in [5.41, 5.74) is 3.85. The van der Waals surface area contributed by atoms with Gasteiger partial charge in [0.2, 0.25) is 5.95 Å². The smallest absolute Gasteiger partial charge is 0.231 e. The molecule has 0 aliphatic rings. The third-order valence-electron chi connectivity index (χ3n) is 4.64. The summed E-state index contributed by atoms with van der Waals surface area (Å²) in [6, 6.07) is 23.4. The summed E-state index contributed by atoms with van der Waals surface area (Å²) < 4.78 is 10.5. The third kappa shape index (κ3) is 4.38. The third-order valence-corrected chi connectivity index (χ3v) is 4.64. The van der Waals surface area contributed by atoms with Crippen molar-refractivity contribution in [3.63, 3.8) is 0 Å². The summed E-state index contributed by atoms with van der Waals surface area (Å²) in [4.78, 5) is 14.0. The lowest BCUT2D eigenvalue weighted by atomic mass is 10.2. The Kier molecular flexibility index (Phi) is 5.57. The molecule has 1 heterocycles. The van der Waals surface area contributed by atoms with Crippen LogP contribution < -0.4 is 14.8 Å². The number of methoxy groups -OCH3 is 2. The van der Waals surface area contributed by atoms with Crippen LogP contribution in [-0.4, -0.2) is 29.2 Å². The van der Waals surface area contributed by atoms with Crippen molar-refractivity contribution in [3.8, 4) is 34.3 Å². The van der Waals surface area contributed by atoms with E-state index < -0.39 is 0 Å². The number of rotatable bonds is 6. The highest BCUT2D eigenvalue weighted by Gasteiger charge is 2.11. The molecule has 0 saturated carbocycles. The van der Waals surface area contributed by atoms with Gasteiger partial charge in [-0.3, -0.25) is 0 Å². The van der Waals surface area contributed by atoms with E-state index in [1.807, 2.05) is 72.8 Å². The van der Waals surface area contributed by atoms with E-state index in [2.05, 4.69) is 22.2 Å². The van der Waals surface area contributed by atoms with Gasteiger partial charge in [-0.25, -0.2) is 4.98 Å². The lowest BCUT2D eigenvalue weighted by Gasteiger charge is -2.10. The maximum absolute atomic E-state index is 5.25. The fourth-order valence-electron chi connectivity index (χ4n) is 2.94. The Labute approximate surface area is 175 Å². The molecule has 6 nitrogen and oxygen atoms in total. The molecule has 0 saturated heterocycles. The second-order valence-electron chi connectivity index (χ2n) is 6.75. The van der Waals surface area contributed by atoms with Crippen LogP contribution in [0.5, 0.6) is 11.5 Å². The first kappa shape index (κ1) is 19.4. The number of anilines is 2. The van der Waals surface area contributed by atoms with Crippen LogP contribution in [0.4, 0.5) is 11.6 Å². The van der Waals surface area contributed by atoms with Crippen molar-refractivity contribution < 1.29 is 9.47 Å². The first-order chi connectivity index (χ1) is 14.6. The van der Waals surface area contributed by atoms with Crippen molar-refractivity contribution in [2.24, 2.45) is 0 Å². The molecular formula is C24H22N4O2. The van der Waals surface area contributed by atoms with E-state index in [0.717, 1.165) is 28.3 Å². The summed E-state index contributed by atoms with van der Waals surface area (Å²) in [6.45, 7) is 2.05. The van der Waals surface area contributed by atoms with E-state index in [1.54, 1.807) is 14.2 Å². The Bertz CT molecular complexity index is 1060. The summed E-state index contributed by atoms with van der Waals surface area (Å²) in [5.74, 6) is 3.19. The molecule has 0 bridgehead atoms. The number of ether oxygens (including phenoxy) is 2. The van der Waals surface area contributed by atoms with Gasteiger partial charge in [0.25, 0.3) is 0 Å². The van der Waals surface area contributed by atoms with Crippen LogP contribution in [0.25, 0.3) is 22.8 Å². The molecule has 0 atom stereocenters. The minimum atomic E-state index is 0.477. The number of aromatic nitrogens is 3. The molecule has 1 N–H and O–H groups in total. The summed E-state index contributed by atoms with van der Waals surface area (Å²) in [7, 11) is 3.28. The average molecular weight is 398 g/mol. The van der Waals surface area contributed by atoms with E-state index in [0.29, 0.717) is 17.6 Å². The number of benzene rings is 3. The first-order valence-electron chi connectivity index (χ1n) is 9.53. The maximum atomic E-state index is 5.25. The van der Waals surface area contributed by atoms with Crippen LogP contribution in [0.15, 0.2) is 72.8 Å². The minimum absolute atomic E-state index is 0.477. The molecule has 0 aliphatic carbocycles. The van der Waals surface area contributed by atoms with Crippen LogP contribution in [-0.2, 0) is 0 Å². The van der Waals surface area contributed by atoms with Gasteiger partial charge in [-0.15, -0.1) is 0 Å². The molecule has 4 aromatic rings. The van der Waals surface area contributed by atoms with E-state index in [1.165, 1.54) is 5.56 Å². The minimum Gasteiger partial charge on any atom is -0.497 e. The number of hydrogen-bond donors (Lipinski definition) is 1. The van der Waals surface area contributed by atoms with Crippen LogP contribution in [0.3, 0.4) is 0 Å². The van der Waals surface area contributed by atoms with Crippen LogP contribution in [0.2, 0.25) is 0 Å². The molecule has 150 valence electrons. The lowest BCUT2D eigenvalue weighted by molar-refractivity contribution is 0.415. The van der Waals surface area contributed by atoms with E-state index in [9.17, 15) is 0 Å². The maximum Gasteiger partial charge on any atom is 0.231 e. The van der Waals surface area contributed by atoms with Gasteiger partial charge in [0.15, 0.2) is 11.6 Å². The molecule has 0 spiro atoms. The highest BCUT2D eigenvalue weighted by Crippen LogP contribution is 2.26. The predicted molar refractivity (Wildman–Crippen MR) is 118 cm³/mol. The van der Waals surface area contributed by atoms with Crippen molar-refractivity contribution >= 4 is 11.6 Å². The first-order valence-corrected chi connectivity index (χ1v) is 9.53. The van der Waals surface area contributed by atoms with Crippen LogP contribution >= 0.6 is 0 Å². The Balaban J connectivity index is 1.76. The fraction of sp³-hybridized carbons (Fsp3) is 0.125. The molecule has 6 heteroatoms. The van der Waals surface area contributed by atoms with Gasteiger partial charge in [0.05, 0.1) is 14.2 Å². The SMILES string of the molecule is COc1ccc(-c2nc(Nc3ccc(C)cc3)nc(-c3ccc(OC)cc3)n2)cc1. The van der Waals surface area contributed by atoms with Gasteiger partial charge in [-0.2, -0.15) is 9.97 Å². The van der Waals surface area contributed by atoms with Crippen molar-refractivity contribution in [1.29, 1.82) is 0 Å². The van der Waals surface area contributed by atoms with E-state index >= 15 is 0 Å². The molecule has 1 aromatic heterocycles. The lowest BCUT2D eigenvalue weighted by Crippen LogP contribution is -2.03. The van der Waals surface area contributed by atoms with Gasteiger partial charge in [-0.1, -0.05) is 17.7 Å². The van der Waals surface area contributed by atoms with Gasteiger partial charge >= 0.3 is 0 Å².